The maximum Gasteiger partial charge on any atom is 0.309 e. The second-order valence-corrected chi connectivity index (χ2v) is 13.2. The highest BCUT2D eigenvalue weighted by Crippen LogP contribution is 2.67. The van der Waals surface area contributed by atoms with Crippen molar-refractivity contribution >= 4 is 5.97 Å². The van der Waals surface area contributed by atoms with Gasteiger partial charge in [-0.3, -0.25) is 4.79 Å². The zero-order valence-electron chi connectivity index (χ0n) is 22.1. The Labute approximate surface area is 207 Å². The van der Waals surface area contributed by atoms with Crippen LogP contribution in [0.5, 0.6) is 0 Å². The summed E-state index contributed by atoms with van der Waals surface area (Å²) >= 11 is 0. The van der Waals surface area contributed by atoms with Crippen LogP contribution >= 0.6 is 0 Å². The molecule has 0 aromatic heterocycles. The van der Waals surface area contributed by atoms with E-state index in [0.717, 1.165) is 32.1 Å². The molecule has 194 valence electrons. The zero-order valence-corrected chi connectivity index (χ0v) is 22.1. The third kappa shape index (κ3) is 4.06. The second-order valence-electron chi connectivity index (χ2n) is 13.2. The Morgan fingerprint density at radius 1 is 0.912 bits per heavy atom. The Hall–Kier alpha value is -0.650. The fraction of sp³-hybridized carbons (Fsp3) is 0.966. The molecule has 0 aromatic carbocycles. The number of carbonyl (C=O) groups excluding carboxylic acids is 1. The first-order chi connectivity index (χ1) is 16.3. The van der Waals surface area contributed by atoms with Crippen molar-refractivity contribution < 1.29 is 19.4 Å². The van der Waals surface area contributed by atoms with Crippen molar-refractivity contribution in [1.29, 1.82) is 0 Å². The molecule has 0 aromatic rings. The van der Waals surface area contributed by atoms with Crippen LogP contribution in [-0.4, -0.2) is 49.6 Å². The van der Waals surface area contributed by atoms with Crippen LogP contribution in [0, 0.1) is 40.4 Å². The smallest absolute Gasteiger partial charge is 0.309 e. The van der Waals surface area contributed by atoms with Crippen molar-refractivity contribution in [3.63, 3.8) is 0 Å². The first-order valence-electron chi connectivity index (χ1n) is 14.4. The lowest BCUT2D eigenvalue weighted by molar-refractivity contribution is -0.180. The normalized spacial score (nSPS) is 49.4. The molecule has 10 atom stereocenters. The number of aliphatic hydroxyl groups excluding tert-OH is 1. The predicted molar refractivity (Wildman–Crippen MR) is 133 cm³/mol. The SMILES string of the molecule is COC(=O)C1CC[C@H]2[C@@H]3CCC4CC(O)C(OC)C[C@]4(C)[C@@H]3C(NC3CCCCCC3)C[C@]12C. The second kappa shape index (κ2) is 9.67. The summed E-state index contributed by atoms with van der Waals surface area (Å²) < 4.78 is 11.2. The maximum absolute atomic E-state index is 12.9. The van der Waals surface area contributed by atoms with Gasteiger partial charge in [0.25, 0.3) is 0 Å². The van der Waals surface area contributed by atoms with Gasteiger partial charge in [0, 0.05) is 19.2 Å². The third-order valence-corrected chi connectivity index (χ3v) is 11.7. The van der Waals surface area contributed by atoms with Crippen LogP contribution in [0.15, 0.2) is 0 Å². The van der Waals surface area contributed by atoms with Gasteiger partial charge in [0.05, 0.1) is 25.2 Å². The van der Waals surface area contributed by atoms with Crippen LogP contribution in [-0.2, 0) is 14.3 Å². The molecule has 2 N–H and O–H groups in total. The Bertz CT molecular complexity index is 736. The molecule has 5 aliphatic carbocycles. The molecule has 5 saturated carbocycles. The van der Waals surface area contributed by atoms with Gasteiger partial charge in [-0.2, -0.15) is 0 Å². The molecule has 5 unspecified atom stereocenters. The van der Waals surface area contributed by atoms with E-state index in [9.17, 15) is 9.90 Å². The molecule has 5 heteroatoms. The molecule has 0 radical (unpaired) electrons. The van der Waals surface area contributed by atoms with E-state index in [4.69, 9.17) is 9.47 Å². The quantitative estimate of drug-likeness (QED) is 0.438. The zero-order chi connectivity index (χ0) is 24.1. The molecule has 5 fully saturated rings. The number of carbonyl (C=O) groups is 1. The van der Waals surface area contributed by atoms with Gasteiger partial charge in [0.15, 0.2) is 0 Å². The number of esters is 1. The van der Waals surface area contributed by atoms with E-state index in [2.05, 4.69) is 19.2 Å². The molecule has 0 aliphatic heterocycles. The maximum atomic E-state index is 12.9. The molecule has 0 bridgehead atoms. The summed E-state index contributed by atoms with van der Waals surface area (Å²) in [6.45, 7) is 4.95. The Morgan fingerprint density at radius 3 is 2.32 bits per heavy atom. The van der Waals surface area contributed by atoms with Gasteiger partial charge < -0.3 is 19.9 Å². The molecular weight excluding hydrogens is 426 g/mol. The lowest BCUT2D eigenvalue weighted by atomic mass is 9.43. The number of rotatable bonds is 4. The minimum atomic E-state index is -0.336. The molecule has 0 heterocycles. The van der Waals surface area contributed by atoms with E-state index in [0.29, 0.717) is 35.8 Å². The summed E-state index contributed by atoms with van der Waals surface area (Å²) in [7, 11) is 3.34. The van der Waals surface area contributed by atoms with Crippen LogP contribution in [0.3, 0.4) is 0 Å². The van der Waals surface area contributed by atoms with E-state index in [1.165, 1.54) is 51.4 Å². The minimum Gasteiger partial charge on any atom is -0.469 e. The van der Waals surface area contributed by atoms with Crippen molar-refractivity contribution in [2.24, 2.45) is 40.4 Å². The van der Waals surface area contributed by atoms with E-state index >= 15 is 0 Å². The van der Waals surface area contributed by atoms with Crippen LogP contribution in [0.1, 0.15) is 97.3 Å². The molecule has 0 spiro atoms. The predicted octanol–water partition coefficient (Wildman–Crippen LogP) is 5.10. The fourth-order valence-electron chi connectivity index (χ4n) is 10.1. The molecule has 5 aliphatic rings. The molecule has 5 nitrogen and oxygen atoms in total. The molecule has 5 rings (SSSR count). The lowest BCUT2D eigenvalue weighted by Crippen LogP contribution is -2.65. The molecule has 34 heavy (non-hydrogen) atoms. The first-order valence-corrected chi connectivity index (χ1v) is 14.4. The summed E-state index contributed by atoms with van der Waals surface area (Å²) in [5, 5.41) is 15.1. The Balaban J connectivity index is 1.50. The van der Waals surface area contributed by atoms with Crippen molar-refractivity contribution in [3.8, 4) is 0 Å². The summed E-state index contributed by atoms with van der Waals surface area (Å²) in [5.41, 5.74) is 0.199. The average molecular weight is 476 g/mol. The molecule has 0 amide bonds. The van der Waals surface area contributed by atoms with E-state index in [1.807, 2.05) is 0 Å². The van der Waals surface area contributed by atoms with Gasteiger partial charge in [-0.05, 0) is 92.3 Å². The highest BCUT2D eigenvalue weighted by Gasteiger charge is 2.65. The van der Waals surface area contributed by atoms with Gasteiger partial charge >= 0.3 is 5.97 Å². The number of hydrogen-bond donors (Lipinski definition) is 2. The summed E-state index contributed by atoms with van der Waals surface area (Å²) in [4.78, 5) is 12.9. The van der Waals surface area contributed by atoms with Crippen LogP contribution in [0.2, 0.25) is 0 Å². The van der Waals surface area contributed by atoms with Crippen LogP contribution in [0.25, 0.3) is 0 Å². The number of fused-ring (bicyclic) bond motifs is 5. The first kappa shape index (κ1) is 25.0. The van der Waals surface area contributed by atoms with Crippen LogP contribution in [0.4, 0.5) is 0 Å². The Kier molecular flexibility index (Phi) is 7.11. The number of aliphatic hydroxyl groups is 1. The van der Waals surface area contributed by atoms with Gasteiger partial charge in [0.1, 0.15) is 0 Å². The largest absolute Gasteiger partial charge is 0.469 e. The van der Waals surface area contributed by atoms with Gasteiger partial charge in [-0.25, -0.2) is 0 Å². The Morgan fingerprint density at radius 2 is 1.65 bits per heavy atom. The van der Waals surface area contributed by atoms with Crippen molar-refractivity contribution in [3.05, 3.63) is 0 Å². The summed E-state index contributed by atoms with van der Waals surface area (Å²) in [6.07, 6.45) is 15.1. The standard InChI is InChI=1S/C29H49NO4/c1-28-17-25(33-3)24(31)15-18(28)11-12-20-21-13-14-22(27(32)34-4)29(21,2)16-23(26(20)28)30-19-9-7-5-6-8-10-19/h18-26,30-31H,5-17H2,1-4H3/t18?,20-,21-,22?,23?,24?,25?,26-,28-,29-/m0/s1. The van der Waals surface area contributed by atoms with E-state index in [1.54, 1.807) is 14.2 Å². The average Bonchev–Trinajstić information content (AvgIpc) is 2.97. The number of nitrogens with one attached hydrogen (secondary N) is 1. The fourth-order valence-corrected chi connectivity index (χ4v) is 10.1. The number of hydrogen-bond acceptors (Lipinski definition) is 5. The topological polar surface area (TPSA) is 67.8 Å². The van der Waals surface area contributed by atoms with Crippen LogP contribution < -0.4 is 5.32 Å². The van der Waals surface area contributed by atoms with Gasteiger partial charge in [-0.1, -0.05) is 39.5 Å². The number of methoxy groups -OCH3 is 2. The summed E-state index contributed by atoms with van der Waals surface area (Å²) in [5.74, 6) is 2.44. The van der Waals surface area contributed by atoms with Crippen molar-refractivity contribution in [1.82, 2.24) is 5.32 Å². The highest BCUT2D eigenvalue weighted by molar-refractivity contribution is 5.74. The van der Waals surface area contributed by atoms with E-state index in [-0.39, 0.29) is 34.9 Å². The highest BCUT2D eigenvalue weighted by atomic mass is 16.5. The number of ether oxygens (including phenoxy) is 2. The van der Waals surface area contributed by atoms with Gasteiger partial charge in [-0.15, -0.1) is 0 Å². The van der Waals surface area contributed by atoms with Gasteiger partial charge in [0.2, 0.25) is 0 Å². The minimum absolute atomic E-state index is 0.0109. The van der Waals surface area contributed by atoms with E-state index < -0.39 is 0 Å². The molecule has 0 saturated heterocycles. The van der Waals surface area contributed by atoms with Crippen molar-refractivity contribution in [2.45, 2.75) is 122 Å². The lowest BCUT2D eigenvalue weighted by Gasteiger charge is -2.64. The van der Waals surface area contributed by atoms with Crippen molar-refractivity contribution in [2.75, 3.05) is 14.2 Å². The molecular formula is C29H49NO4. The summed E-state index contributed by atoms with van der Waals surface area (Å²) in [6, 6.07) is 1.03. The monoisotopic (exact) mass is 475 g/mol. The third-order valence-electron chi connectivity index (χ3n) is 11.7.